The standard InChI is InChI=1S/C18H19N3OS/c1-3-4-14-5-6-16(13(2)11-14)22-9-8-19-17-15-7-10-23-18(15)21-12-20-17/h3,5-7,10-12H,1,4,8-9H2,2H3,(H,19,20,21). The smallest absolute Gasteiger partial charge is 0.138 e. The summed E-state index contributed by atoms with van der Waals surface area (Å²) >= 11 is 1.62. The third-order valence-electron chi connectivity index (χ3n) is 3.53. The van der Waals surface area contributed by atoms with Gasteiger partial charge in [0.2, 0.25) is 0 Å². The highest BCUT2D eigenvalue weighted by Crippen LogP contribution is 2.23. The van der Waals surface area contributed by atoms with Crippen LogP contribution in [0.1, 0.15) is 11.1 Å². The summed E-state index contributed by atoms with van der Waals surface area (Å²) in [5, 5.41) is 6.39. The number of benzene rings is 1. The predicted molar refractivity (Wildman–Crippen MR) is 96.5 cm³/mol. The second kappa shape index (κ2) is 7.24. The quantitative estimate of drug-likeness (QED) is 0.522. The molecule has 0 aliphatic heterocycles. The van der Waals surface area contributed by atoms with Gasteiger partial charge in [-0.25, -0.2) is 9.97 Å². The lowest BCUT2D eigenvalue weighted by atomic mass is 10.1. The molecule has 0 bridgehead atoms. The first-order valence-electron chi connectivity index (χ1n) is 7.53. The molecule has 0 aliphatic rings. The van der Waals surface area contributed by atoms with Crippen LogP contribution in [0.15, 0.2) is 48.6 Å². The van der Waals surface area contributed by atoms with E-state index in [-0.39, 0.29) is 0 Å². The number of thiophene rings is 1. The third kappa shape index (κ3) is 3.68. The molecular formula is C18H19N3OS. The molecule has 3 aromatic rings. The van der Waals surface area contributed by atoms with E-state index in [1.807, 2.05) is 23.6 Å². The summed E-state index contributed by atoms with van der Waals surface area (Å²) in [5.41, 5.74) is 2.40. The number of ether oxygens (including phenoxy) is 1. The van der Waals surface area contributed by atoms with Crippen LogP contribution in [0.4, 0.5) is 5.82 Å². The van der Waals surface area contributed by atoms with Crippen molar-refractivity contribution in [1.29, 1.82) is 0 Å². The summed E-state index contributed by atoms with van der Waals surface area (Å²) in [6.45, 7) is 7.10. The van der Waals surface area contributed by atoms with E-state index in [1.54, 1.807) is 17.7 Å². The molecule has 0 aliphatic carbocycles. The highest BCUT2D eigenvalue weighted by atomic mass is 32.1. The molecule has 0 atom stereocenters. The minimum absolute atomic E-state index is 0.581. The molecule has 1 aromatic carbocycles. The van der Waals surface area contributed by atoms with Gasteiger partial charge in [-0.05, 0) is 42.0 Å². The molecule has 0 saturated heterocycles. The normalized spacial score (nSPS) is 10.7. The first-order valence-corrected chi connectivity index (χ1v) is 8.41. The van der Waals surface area contributed by atoms with Gasteiger partial charge in [-0.15, -0.1) is 17.9 Å². The van der Waals surface area contributed by atoms with E-state index in [4.69, 9.17) is 4.74 Å². The largest absolute Gasteiger partial charge is 0.491 e. The molecule has 3 rings (SSSR count). The van der Waals surface area contributed by atoms with Gasteiger partial charge in [0.1, 0.15) is 29.3 Å². The topological polar surface area (TPSA) is 47.0 Å². The summed E-state index contributed by atoms with van der Waals surface area (Å²) < 4.78 is 5.86. The Kier molecular flexibility index (Phi) is 4.88. The zero-order valence-electron chi connectivity index (χ0n) is 13.1. The summed E-state index contributed by atoms with van der Waals surface area (Å²) in [7, 11) is 0. The Balaban J connectivity index is 1.55. The fourth-order valence-electron chi connectivity index (χ4n) is 2.43. The molecular weight excluding hydrogens is 306 g/mol. The molecule has 4 nitrogen and oxygen atoms in total. The predicted octanol–water partition coefficient (Wildman–Crippen LogP) is 4.22. The number of nitrogens with one attached hydrogen (secondary N) is 1. The molecule has 1 N–H and O–H groups in total. The zero-order valence-corrected chi connectivity index (χ0v) is 13.9. The molecule has 118 valence electrons. The average Bonchev–Trinajstić information content (AvgIpc) is 3.03. The Bertz CT molecular complexity index is 813. The highest BCUT2D eigenvalue weighted by Gasteiger charge is 2.04. The monoisotopic (exact) mass is 325 g/mol. The van der Waals surface area contributed by atoms with Crippen LogP contribution in [0.5, 0.6) is 5.75 Å². The molecule has 23 heavy (non-hydrogen) atoms. The molecule has 5 heteroatoms. The van der Waals surface area contributed by atoms with Crippen molar-refractivity contribution in [2.45, 2.75) is 13.3 Å². The number of hydrogen-bond donors (Lipinski definition) is 1. The van der Waals surface area contributed by atoms with E-state index in [2.05, 4.69) is 40.9 Å². The maximum absolute atomic E-state index is 5.86. The van der Waals surface area contributed by atoms with E-state index in [9.17, 15) is 0 Å². The van der Waals surface area contributed by atoms with Crippen molar-refractivity contribution in [3.63, 3.8) is 0 Å². The van der Waals surface area contributed by atoms with Gasteiger partial charge in [0.05, 0.1) is 11.9 Å². The first-order chi connectivity index (χ1) is 11.3. The third-order valence-corrected chi connectivity index (χ3v) is 4.35. The number of aryl methyl sites for hydroxylation is 1. The van der Waals surface area contributed by atoms with Crippen molar-refractivity contribution in [2.24, 2.45) is 0 Å². The van der Waals surface area contributed by atoms with Crippen molar-refractivity contribution in [3.8, 4) is 5.75 Å². The van der Waals surface area contributed by atoms with Gasteiger partial charge >= 0.3 is 0 Å². The van der Waals surface area contributed by atoms with Gasteiger partial charge in [-0.1, -0.05) is 18.2 Å². The Hall–Kier alpha value is -2.40. The fraction of sp³-hybridized carbons (Fsp3) is 0.222. The lowest BCUT2D eigenvalue weighted by Crippen LogP contribution is -2.13. The van der Waals surface area contributed by atoms with E-state index < -0.39 is 0 Å². The summed E-state index contributed by atoms with van der Waals surface area (Å²) in [5.74, 6) is 1.78. The molecule has 0 fully saturated rings. The van der Waals surface area contributed by atoms with Crippen molar-refractivity contribution >= 4 is 27.4 Å². The van der Waals surface area contributed by atoms with Gasteiger partial charge in [-0.3, -0.25) is 0 Å². The van der Waals surface area contributed by atoms with Crippen molar-refractivity contribution in [3.05, 3.63) is 59.8 Å². The SMILES string of the molecule is C=CCc1ccc(OCCNc2ncnc3sccc23)c(C)c1. The van der Waals surface area contributed by atoms with Crippen molar-refractivity contribution in [1.82, 2.24) is 9.97 Å². The summed E-state index contributed by atoms with van der Waals surface area (Å²) in [4.78, 5) is 9.53. The van der Waals surface area contributed by atoms with Gasteiger partial charge < -0.3 is 10.1 Å². The number of nitrogens with zero attached hydrogens (tertiary/aromatic N) is 2. The molecule has 0 unspecified atom stereocenters. The number of allylic oxidation sites excluding steroid dienone is 1. The van der Waals surface area contributed by atoms with Gasteiger partial charge in [0.25, 0.3) is 0 Å². The number of hydrogen-bond acceptors (Lipinski definition) is 5. The lowest BCUT2D eigenvalue weighted by molar-refractivity contribution is 0.330. The second-order valence-corrected chi connectivity index (χ2v) is 6.12. The molecule has 0 saturated carbocycles. The van der Waals surface area contributed by atoms with E-state index in [1.165, 1.54) is 5.56 Å². The van der Waals surface area contributed by atoms with Crippen LogP contribution < -0.4 is 10.1 Å². The number of rotatable bonds is 7. The zero-order chi connectivity index (χ0) is 16.1. The summed E-state index contributed by atoms with van der Waals surface area (Å²) in [6.07, 6.45) is 4.38. The molecule has 2 aromatic heterocycles. The van der Waals surface area contributed by atoms with Crippen LogP contribution >= 0.6 is 11.3 Å². The Morgan fingerprint density at radius 2 is 2.22 bits per heavy atom. The second-order valence-electron chi connectivity index (χ2n) is 5.23. The van der Waals surface area contributed by atoms with E-state index in [0.29, 0.717) is 13.2 Å². The van der Waals surface area contributed by atoms with Crippen LogP contribution in [-0.4, -0.2) is 23.1 Å². The van der Waals surface area contributed by atoms with Crippen LogP contribution in [0, 0.1) is 6.92 Å². The van der Waals surface area contributed by atoms with E-state index in [0.717, 1.165) is 33.8 Å². The Morgan fingerprint density at radius 3 is 3.04 bits per heavy atom. The van der Waals surface area contributed by atoms with Crippen molar-refractivity contribution < 1.29 is 4.74 Å². The molecule has 0 radical (unpaired) electrons. The fourth-order valence-corrected chi connectivity index (χ4v) is 3.16. The van der Waals surface area contributed by atoms with Gasteiger partial charge in [-0.2, -0.15) is 0 Å². The van der Waals surface area contributed by atoms with Crippen molar-refractivity contribution in [2.75, 3.05) is 18.5 Å². The number of anilines is 1. The van der Waals surface area contributed by atoms with Crippen LogP contribution in [0.2, 0.25) is 0 Å². The first kappa shape index (κ1) is 15.5. The number of aromatic nitrogens is 2. The van der Waals surface area contributed by atoms with E-state index >= 15 is 0 Å². The molecule has 0 amide bonds. The molecule has 0 spiro atoms. The minimum Gasteiger partial charge on any atom is -0.491 e. The minimum atomic E-state index is 0.581. The van der Waals surface area contributed by atoms with Crippen LogP contribution in [0.3, 0.4) is 0 Å². The molecule has 2 heterocycles. The summed E-state index contributed by atoms with van der Waals surface area (Å²) in [6, 6.07) is 8.28. The Labute approximate surface area is 139 Å². The number of fused-ring (bicyclic) bond motifs is 1. The average molecular weight is 325 g/mol. The Morgan fingerprint density at radius 1 is 1.30 bits per heavy atom. The van der Waals surface area contributed by atoms with Crippen LogP contribution in [0.25, 0.3) is 10.2 Å². The lowest BCUT2D eigenvalue weighted by Gasteiger charge is -2.11. The highest BCUT2D eigenvalue weighted by molar-refractivity contribution is 7.16. The van der Waals surface area contributed by atoms with Gasteiger partial charge in [0.15, 0.2) is 0 Å². The van der Waals surface area contributed by atoms with Crippen LogP contribution in [-0.2, 0) is 6.42 Å². The van der Waals surface area contributed by atoms with Gasteiger partial charge in [0, 0.05) is 0 Å². The maximum Gasteiger partial charge on any atom is 0.138 e. The maximum atomic E-state index is 5.86.